The van der Waals surface area contributed by atoms with Gasteiger partial charge in [-0.25, -0.2) is 4.99 Å². The van der Waals surface area contributed by atoms with Gasteiger partial charge in [0, 0.05) is 12.6 Å². The van der Waals surface area contributed by atoms with Crippen molar-refractivity contribution in [2.75, 3.05) is 34.4 Å². The third-order valence-electron chi connectivity index (χ3n) is 6.20. The molecule has 36 heavy (non-hydrogen) atoms. The van der Waals surface area contributed by atoms with Crippen molar-refractivity contribution in [3.8, 4) is 11.5 Å². The Hall–Kier alpha value is -2.84. The SMILES string of the molecule is COc1cc(/C=C/C(=NC2CCC(C)CC2)OS(=O)(=O)c2ccc(C)cc2)ccc1OCCN(C)C. The molecule has 0 saturated heterocycles. The fraction of sp³-hybridized carbons (Fsp3) is 0.464. The molecule has 8 heteroatoms. The molecule has 1 saturated carbocycles. The molecule has 0 heterocycles. The van der Waals surface area contributed by atoms with E-state index < -0.39 is 10.1 Å². The maximum Gasteiger partial charge on any atom is 0.340 e. The van der Waals surface area contributed by atoms with E-state index in [4.69, 9.17) is 18.6 Å². The van der Waals surface area contributed by atoms with Gasteiger partial charge < -0.3 is 18.6 Å². The summed E-state index contributed by atoms with van der Waals surface area (Å²) in [5, 5.41) is 0. The molecule has 2 aromatic carbocycles. The van der Waals surface area contributed by atoms with Crippen molar-refractivity contribution in [1.29, 1.82) is 0 Å². The fourth-order valence-corrected chi connectivity index (χ4v) is 4.81. The van der Waals surface area contributed by atoms with E-state index in [1.165, 1.54) is 0 Å². The van der Waals surface area contributed by atoms with Gasteiger partial charge in [-0.1, -0.05) is 30.7 Å². The van der Waals surface area contributed by atoms with Crippen LogP contribution in [0.4, 0.5) is 0 Å². The van der Waals surface area contributed by atoms with Gasteiger partial charge in [0.2, 0.25) is 5.90 Å². The Morgan fingerprint density at radius 2 is 1.75 bits per heavy atom. The monoisotopic (exact) mass is 514 g/mol. The molecular formula is C28H38N2O5S. The summed E-state index contributed by atoms with van der Waals surface area (Å²) in [4.78, 5) is 6.85. The number of methoxy groups -OCH3 is 1. The van der Waals surface area contributed by atoms with Gasteiger partial charge in [0.05, 0.1) is 13.2 Å². The average Bonchev–Trinajstić information content (AvgIpc) is 2.84. The first-order valence-corrected chi connectivity index (χ1v) is 13.8. The third-order valence-corrected chi connectivity index (χ3v) is 7.44. The van der Waals surface area contributed by atoms with Crippen LogP contribution < -0.4 is 9.47 Å². The molecule has 1 fully saturated rings. The Morgan fingerprint density at radius 1 is 1.06 bits per heavy atom. The number of nitrogens with zero attached hydrogens (tertiary/aromatic N) is 2. The number of rotatable bonds is 10. The van der Waals surface area contributed by atoms with E-state index in [0.717, 1.165) is 43.4 Å². The number of aliphatic imine (C=N–C) groups is 1. The van der Waals surface area contributed by atoms with Gasteiger partial charge in [-0.2, -0.15) is 8.42 Å². The largest absolute Gasteiger partial charge is 0.493 e. The first-order chi connectivity index (χ1) is 17.2. The zero-order valence-corrected chi connectivity index (χ0v) is 22.8. The van der Waals surface area contributed by atoms with Crippen LogP contribution >= 0.6 is 0 Å². The van der Waals surface area contributed by atoms with Crippen LogP contribution in [0, 0.1) is 12.8 Å². The number of ether oxygens (including phenoxy) is 2. The summed E-state index contributed by atoms with van der Waals surface area (Å²) < 4.78 is 42.8. The molecule has 0 spiro atoms. The van der Waals surface area contributed by atoms with E-state index in [9.17, 15) is 8.42 Å². The quantitative estimate of drug-likeness (QED) is 0.242. The number of hydrogen-bond acceptors (Lipinski definition) is 7. The minimum absolute atomic E-state index is 0.0380. The van der Waals surface area contributed by atoms with Crippen molar-refractivity contribution >= 4 is 22.1 Å². The second-order valence-electron chi connectivity index (χ2n) is 9.63. The summed E-state index contributed by atoms with van der Waals surface area (Å²) in [6.07, 6.45) is 7.37. The molecule has 0 radical (unpaired) electrons. The summed E-state index contributed by atoms with van der Waals surface area (Å²) in [6.45, 7) is 5.47. The molecule has 2 aromatic rings. The molecule has 7 nitrogen and oxygen atoms in total. The minimum Gasteiger partial charge on any atom is -0.493 e. The van der Waals surface area contributed by atoms with Gasteiger partial charge in [0.25, 0.3) is 0 Å². The van der Waals surface area contributed by atoms with Gasteiger partial charge in [-0.05, 0) is 88.5 Å². The van der Waals surface area contributed by atoms with E-state index in [1.807, 2.05) is 44.1 Å². The fourth-order valence-electron chi connectivity index (χ4n) is 3.92. The lowest BCUT2D eigenvalue weighted by atomic mass is 9.88. The van der Waals surface area contributed by atoms with Crippen molar-refractivity contribution in [2.45, 2.75) is 50.5 Å². The van der Waals surface area contributed by atoms with E-state index in [2.05, 4.69) is 6.92 Å². The summed E-state index contributed by atoms with van der Waals surface area (Å²) in [6, 6.07) is 12.2. The van der Waals surface area contributed by atoms with Gasteiger partial charge >= 0.3 is 10.1 Å². The molecule has 196 valence electrons. The Morgan fingerprint density at radius 3 is 2.39 bits per heavy atom. The lowest BCUT2D eigenvalue weighted by molar-refractivity contribution is 0.250. The zero-order valence-electron chi connectivity index (χ0n) is 21.9. The Labute approximate surface area is 215 Å². The highest BCUT2D eigenvalue weighted by atomic mass is 32.2. The van der Waals surface area contributed by atoms with E-state index in [-0.39, 0.29) is 16.8 Å². The molecule has 0 bridgehead atoms. The number of benzene rings is 2. The minimum atomic E-state index is -4.01. The van der Waals surface area contributed by atoms with E-state index in [0.29, 0.717) is 24.0 Å². The van der Waals surface area contributed by atoms with Crippen LogP contribution in [-0.4, -0.2) is 59.6 Å². The summed E-state index contributed by atoms with van der Waals surface area (Å²) in [7, 11) is 1.56. The van der Waals surface area contributed by atoms with Crippen LogP contribution in [0.1, 0.15) is 43.7 Å². The van der Waals surface area contributed by atoms with E-state index in [1.54, 1.807) is 43.5 Å². The molecule has 0 unspecified atom stereocenters. The Balaban J connectivity index is 1.83. The summed E-state index contributed by atoms with van der Waals surface area (Å²) >= 11 is 0. The molecule has 0 aliphatic heterocycles. The van der Waals surface area contributed by atoms with E-state index >= 15 is 0 Å². The second-order valence-corrected chi connectivity index (χ2v) is 11.2. The maximum atomic E-state index is 13.0. The van der Waals surface area contributed by atoms with Crippen LogP contribution in [-0.2, 0) is 14.3 Å². The third kappa shape index (κ3) is 8.38. The summed E-state index contributed by atoms with van der Waals surface area (Å²) in [5.41, 5.74) is 1.79. The maximum absolute atomic E-state index is 13.0. The predicted molar refractivity (Wildman–Crippen MR) is 144 cm³/mol. The smallest absolute Gasteiger partial charge is 0.340 e. The summed E-state index contributed by atoms with van der Waals surface area (Å²) in [5.74, 6) is 2.00. The Bertz CT molecular complexity index is 1150. The molecule has 3 rings (SSSR count). The number of hydrogen-bond donors (Lipinski definition) is 0. The highest BCUT2D eigenvalue weighted by Gasteiger charge is 2.21. The van der Waals surface area contributed by atoms with Crippen molar-refractivity contribution in [1.82, 2.24) is 4.90 Å². The van der Waals surface area contributed by atoms with Gasteiger partial charge in [-0.3, -0.25) is 0 Å². The lowest BCUT2D eigenvalue weighted by Crippen LogP contribution is -2.19. The molecular weight excluding hydrogens is 476 g/mol. The highest BCUT2D eigenvalue weighted by molar-refractivity contribution is 7.87. The molecule has 0 amide bonds. The van der Waals surface area contributed by atoms with Crippen molar-refractivity contribution in [3.05, 3.63) is 59.7 Å². The zero-order chi connectivity index (χ0) is 26.1. The van der Waals surface area contributed by atoms with Crippen molar-refractivity contribution in [3.63, 3.8) is 0 Å². The number of likely N-dealkylation sites (N-methyl/N-ethyl adjacent to an activating group) is 1. The first kappa shape index (κ1) is 27.7. The van der Waals surface area contributed by atoms with Crippen LogP contribution in [0.25, 0.3) is 6.08 Å². The van der Waals surface area contributed by atoms with Crippen LogP contribution in [0.2, 0.25) is 0 Å². The highest BCUT2D eigenvalue weighted by Crippen LogP contribution is 2.29. The van der Waals surface area contributed by atoms with Gasteiger partial charge in [0.15, 0.2) is 11.5 Å². The standard InChI is InChI=1S/C28H38N2O5S/c1-21-6-12-24(13-7-21)29-28(35-36(31,32)25-14-8-22(2)9-15-25)17-11-23-10-16-26(27(20-23)33-5)34-19-18-30(3)4/h8-11,14-17,20-21,24H,6-7,12-13,18-19H2,1-5H3/b17-11+,29-28?. The molecule has 0 aromatic heterocycles. The van der Waals surface area contributed by atoms with Crippen LogP contribution in [0.15, 0.2) is 58.4 Å². The van der Waals surface area contributed by atoms with Crippen LogP contribution in [0.3, 0.4) is 0 Å². The molecule has 1 aliphatic rings. The lowest BCUT2D eigenvalue weighted by Gasteiger charge is -2.23. The normalized spacial score (nSPS) is 19.0. The number of aryl methyl sites for hydroxylation is 1. The second kappa shape index (κ2) is 12.9. The first-order valence-electron chi connectivity index (χ1n) is 12.4. The Kier molecular flexibility index (Phi) is 9.96. The van der Waals surface area contributed by atoms with Crippen molar-refractivity contribution in [2.24, 2.45) is 10.9 Å². The van der Waals surface area contributed by atoms with Crippen LogP contribution in [0.5, 0.6) is 11.5 Å². The molecule has 0 atom stereocenters. The van der Waals surface area contributed by atoms with Gasteiger partial charge in [0.1, 0.15) is 11.5 Å². The topological polar surface area (TPSA) is 77.4 Å². The average molecular weight is 515 g/mol. The predicted octanol–water partition coefficient (Wildman–Crippen LogP) is 5.34. The molecule has 0 N–H and O–H groups in total. The molecule has 1 aliphatic carbocycles. The van der Waals surface area contributed by atoms with Crippen molar-refractivity contribution < 1.29 is 22.1 Å². The van der Waals surface area contributed by atoms with Gasteiger partial charge in [-0.15, -0.1) is 0 Å².